The molecule has 0 aliphatic heterocycles. The molecule has 3 aromatic rings. The van der Waals surface area contributed by atoms with Crippen LogP contribution in [0.15, 0.2) is 35.2 Å². The molecule has 1 saturated carbocycles. The van der Waals surface area contributed by atoms with Gasteiger partial charge in [0, 0.05) is 0 Å². The standard InChI is InChI=1S/C18H19N7OS/c1-11(27-18-22-23-24-25(18)12-6-2-3-7-12)16(26)13(10-19)17-20-14-8-4-5-9-15(14)21-17/h4-5,8-9,11-12,26H,2-3,6-7H2,1H3,(H,20,21)/t11-/m0/s1. The summed E-state index contributed by atoms with van der Waals surface area (Å²) in [4.78, 5) is 7.51. The number of nitrogens with zero attached hydrogens (tertiary/aromatic N) is 6. The number of hydrogen-bond donors (Lipinski definition) is 2. The van der Waals surface area contributed by atoms with Crippen LogP contribution < -0.4 is 0 Å². The molecule has 0 saturated heterocycles. The third kappa shape index (κ3) is 3.40. The zero-order valence-corrected chi connectivity index (χ0v) is 15.6. The molecule has 1 aromatic carbocycles. The van der Waals surface area contributed by atoms with E-state index in [-0.39, 0.29) is 16.6 Å². The van der Waals surface area contributed by atoms with Crippen LogP contribution in [0.2, 0.25) is 0 Å². The smallest absolute Gasteiger partial charge is 0.210 e. The number of tetrazole rings is 1. The van der Waals surface area contributed by atoms with Gasteiger partial charge >= 0.3 is 0 Å². The van der Waals surface area contributed by atoms with E-state index in [1.807, 2.05) is 35.9 Å². The highest BCUT2D eigenvalue weighted by atomic mass is 32.2. The van der Waals surface area contributed by atoms with Gasteiger partial charge in [-0.1, -0.05) is 36.7 Å². The molecule has 0 amide bonds. The molecule has 1 fully saturated rings. The van der Waals surface area contributed by atoms with Crippen molar-refractivity contribution in [3.63, 3.8) is 0 Å². The monoisotopic (exact) mass is 381 g/mol. The van der Waals surface area contributed by atoms with Crippen molar-refractivity contribution in [1.82, 2.24) is 30.2 Å². The highest BCUT2D eigenvalue weighted by molar-refractivity contribution is 7.99. The Morgan fingerprint density at radius 3 is 2.89 bits per heavy atom. The van der Waals surface area contributed by atoms with E-state index in [0.717, 1.165) is 23.9 Å². The van der Waals surface area contributed by atoms with E-state index in [1.165, 1.54) is 24.6 Å². The van der Waals surface area contributed by atoms with Gasteiger partial charge in [0.15, 0.2) is 5.82 Å². The summed E-state index contributed by atoms with van der Waals surface area (Å²) in [5, 5.41) is 32.6. The van der Waals surface area contributed by atoms with Gasteiger partial charge in [-0.2, -0.15) is 5.26 Å². The first kappa shape index (κ1) is 17.5. The van der Waals surface area contributed by atoms with Crippen LogP contribution in [0.3, 0.4) is 0 Å². The number of H-pyrrole nitrogens is 1. The molecular formula is C18H19N7OS. The summed E-state index contributed by atoms with van der Waals surface area (Å²) in [5.41, 5.74) is 1.70. The zero-order valence-electron chi connectivity index (χ0n) is 14.8. The highest BCUT2D eigenvalue weighted by Crippen LogP contribution is 2.34. The maximum Gasteiger partial charge on any atom is 0.210 e. The quantitative estimate of drug-likeness (QED) is 0.394. The lowest BCUT2D eigenvalue weighted by Crippen LogP contribution is -2.11. The fourth-order valence-corrected chi connectivity index (χ4v) is 4.28. The molecule has 2 heterocycles. The average molecular weight is 381 g/mol. The summed E-state index contributed by atoms with van der Waals surface area (Å²) >= 11 is 1.34. The Labute approximate surface area is 160 Å². The van der Waals surface area contributed by atoms with Crippen molar-refractivity contribution < 1.29 is 5.11 Å². The first-order chi connectivity index (χ1) is 13.2. The van der Waals surface area contributed by atoms with Gasteiger partial charge in [0.25, 0.3) is 0 Å². The number of para-hydroxylation sites is 2. The second-order valence-corrected chi connectivity index (χ2v) is 7.89. The Bertz CT molecular complexity index is 993. The minimum absolute atomic E-state index is 0.0393. The van der Waals surface area contributed by atoms with E-state index in [0.29, 0.717) is 17.0 Å². The van der Waals surface area contributed by atoms with Crippen LogP contribution >= 0.6 is 11.8 Å². The number of aliphatic hydroxyl groups is 1. The van der Waals surface area contributed by atoms with Crippen molar-refractivity contribution >= 4 is 28.4 Å². The molecule has 0 bridgehead atoms. The number of imidazole rings is 1. The average Bonchev–Trinajstić information content (AvgIpc) is 3.42. The number of allylic oxidation sites excluding steroid dienone is 1. The van der Waals surface area contributed by atoms with Crippen molar-refractivity contribution in [2.75, 3.05) is 0 Å². The predicted octanol–water partition coefficient (Wildman–Crippen LogP) is 3.64. The lowest BCUT2D eigenvalue weighted by molar-refractivity contribution is 0.399. The molecule has 1 aliphatic carbocycles. The van der Waals surface area contributed by atoms with Crippen molar-refractivity contribution in [2.24, 2.45) is 0 Å². The van der Waals surface area contributed by atoms with Gasteiger partial charge in [-0.3, -0.25) is 0 Å². The van der Waals surface area contributed by atoms with E-state index >= 15 is 0 Å². The molecule has 4 rings (SSSR count). The highest BCUT2D eigenvalue weighted by Gasteiger charge is 2.25. The second kappa shape index (κ2) is 7.40. The summed E-state index contributed by atoms with van der Waals surface area (Å²) < 4.78 is 1.84. The number of aromatic amines is 1. The lowest BCUT2D eigenvalue weighted by atomic mass is 10.2. The van der Waals surface area contributed by atoms with Gasteiger partial charge in [0.2, 0.25) is 5.16 Å². The summed E-state index contributed by atoms with van der Waals surface area (Å²) in [5.74, 6) is 0.321. The molecule has 2 N–H and O–H groups in total. The first-order valence-corrected chi connectivity index (χ1v) is 9.78. The van der Waals surface area contributed by atoms with E-state index in [2.05, 4.69) is 31.6 Å². The minimum Gasteiger partial charge on any atom is -0.510 e. The number of rotatable bonds is 5. The summed E-state index contributed by atoms with van der Waals surface area (Å²) in [6.07, 6.45) is 4.49. The third-order valence-corrected chi connectivity index (χ3v) is 5.85. The van der Waals surface area contributed by atoms with Crippen LogP contribution in [-0.4, -0.2) is 40.5 Å². The van der Waals surface area contributed by atoms with Gasteiger partial charge in [-0.05, 0) is 42.3 Å². The molecule has 1 atom stereocenters. The Morgan fingerprint density at radius 2 is 2.15 bits per heavy atom. The van der Waals surface area contributed by atoms with Gasteiger partial charge in [0.1, 0.15) is 17.4 Å². The molecule has 8 nitrogen and oxygen atoms in total. The molecule has 0 unspecified atom stereocenters. The van der Waals surface area contributed by atoms with Crippen LogP contribution in [-0.2, 0) is 0 Å². The number of nitriles is 1. The van der Waals surface area contributed by atoms with E-state index < -0.39 is 0 Å². The van der Waals surface area contributed by atoms with E-state index in [1.54, 1.807) is 0 Å². The topological polar surface area (TPSA) is 116 Å². The SMILES string of the molecule is C[C@H](Sc1nnnn1C1CCCC1)C(O)=C(C#N)c1nc2ccccc2[nH]1. The molecule has 0 radical (unpaired) electrons. The Morgan fingerprint density at radius 1 is 1.37 bits per heavy atom. The van der Waals surface area contributed by atoms with Crippen molar-refractivity contribution in [2.45, 2.75) is 49.1 Å². The normalized spacial score (nSPS) is 17.0. The van der Waals surface area contributed by atoms with Gasteiger partial charge in [-0.25, -0.2) is 9.67 Å². The minimum atomic E-state index is -0.390. The van der Waals surface area contributed by atoms with Crippen molar-refractivity contribution in [3.05, 3.63) is 35.8 Å². The van der Waals surface area contributed by atoms with Crippen molar-refractivity contribution in [1.29, 1.82) is 5.26 Å². The maximum atomic E-state index is 10.7. The molecular weight excluding hydrogens is 362 g/mol. The van der Waals surface area contributed by atoms with E-state index in [9.17, 15) is 10.4 Å². The Hall–Kier alpha value is -2.86. The lowest BCUT2D eigenvalue weighted by Gasteiger charge is -2.14. The summed E-state index contributed by atoms with van der Waals surface area (Å²) in [7, 11) is 0. The molecule has 27 heavy (non-hydrogen) atoms. The van der Waals surface area contributed by atoms with Gasteiger partial charge < -0.3 is 10.1 Å². The van der Waals surface area contributed by atoms with Crippen LogP contribution in [0, 0.1) is 11.3 Å². The van der Waals surface area contributed by atoms with Crippen LogP contribution in [0.4, 0.5) is 0 Å². The molecule has 0 spiro atoms. The zero-order chi connectivity index (χ0) is 18.8. The molecule has 138 valence electrons. The molecule has 2 aromatic heterocycles. The van der Waals surface area contributed by atoms with Crippen LogP contribution in [0.25, 0.3) is 16.6 Å². The molecule has 9 heteroatoms. The maximum absolute atomic E-state index is 10.7. The van der Waals surface area contributed by atoms with Crippen LogP contribution in [0.1, 0.15) is 44.5 Å². The summed E-state index contributed by atoms with van der Waals surface area (Å²) in [6.45, 7) is 1.83. The number of aromatic nitrogens is 6. The third-order valence-electron chi connectivity index (χ3n) is 4.79. The predicted molar refractivity (Wildman–Crippen MR) is 102 cm³/mol. The van der Waals surface area contributed by atoms with Crippen LogP contribution in [0.5, 0.6) is 0 Å². The number of nitrogens with one attached hydrogen (secondary N) is 1. The number of thioether (sulfide) groups is 1. The number of hydrogen-bond acceptors (Lipinski definition) is 7. The number of aliphatic hydroxyl groups excluding tert-OH is 1. The fourth-order valence-electron chi connectivity index (χ4n) is 3.36. The number of fused-ring (bicyclic) bond motifs is 1. The Kier molecular flexibility index (Phi) is 4.81. The first-order valence-electron chi connectivity index (χ1n) is 8.90. The largest absolute Gasteiger partial charge is 0.510 e. The van der Waals surface area contributed by atoms with Gasteiger partial charge in [0.05, 0.1) is 22.3 Å². The summed E-state index contributed by atoms with van der Waals surface area (Å²) in [6, 6.07) is 9.89. The van der Waals surface area contributed by atoms with E-state index in [4.69, 9.17) is 0 Å². The second-order valence-electron chi connectivity index (χ2n) is 6.58. The number of benzene rings is 1. The fraction of sp³-hybridized carbons (Fsp3) is 0.389. The van der Waals surface area contributed by atoms with Crippen molar-refractivity contribution in [3.8, 4) is 6.07 Å². The molecule has 1 aliphatic rings. The van der Waals surface area contributed by atoms with Gasteiger partial charge in [-0.15, -0.1) is 5.10 Å². The Balaban J connectivity index is 1.61.